The molecule has 128 valence electrons. The van der Waals surface area contributed by atoms with E-state index in [-0.39, 0.29) is 5.91 Å². The number of rotatable bonds is 6. The molecule has 0 atom stereocenters. The third kappa shape index (κ3) is 4.55. The summed E-state index contributed by atoms with van der Waals surface area (Å²) in [6.07, 6.45) is 3.96. The lowest BCUT2D eigenvalue weighted by molar-refractivity contribution is -0.114. The molecule has 8 heteroatoms. The fourth-order valence-electron chi connectivity index (χ4n) is 2.80. The molecule has 0 spiro atoms. The molecule has 1 aliphatic heterocycles. The first-order valence-corrected chi connectivity index (χ1v) is 9.22. The number of nitrogens with zero attached hydrogens (tertiary/aromatic N) is 5. The van der Waals surface area contributed by atoms with Gasteiger partial charge in [-0.25, -0.2) is 0 Å². The molecule has 3 rings (SSSR count). The van der Waals surface area contributed by atoms with Crippen LogP contribution >= 0.6 is 11.8 Å². The van der Waals surface area contributed by atoms with Gasteiger partial charge in [0, 0.05) is 24.9 Å². The second-order valence-electron chi connectivity index (χ2n) is 5.86. The maximum Gasteiger partial charge on any atom is 0.221 e. The summed E-state index contributed by atoms with van der Waals surface area (Å²) in [4.78, 5) is 13.7. The van der Waals surface area contributed by atoms with Gasteiger partial charge in [0.2, 0.25) is 11.1 Å². The number of tetrazole rings is 1. The van der Waals surface area contributed by atoms with Crippen LogP contribution in [0.5, 0.6) is 0 Å². The van der Waals surface area contributed by atoms with Crippen LogP contribution < -0.4 is 5.32 Å². The Hall–Kier alpha value is -1.93. The SMILES string of the molecule is CC(=O)Nc1cccc(-n2nnnc2SCCN2CCCCC2)c1. The van der Waals surface area contributed by atoms with Gasteiger partial charge in [-0.3, -0.25) is 4.79 Å². The van der Waals surface area contributed by atoms with Crippen LogP contribution in [-0.2, 0) is 4.79 Å². The number of benzene rings is 1. The summed E-state index contributed by atoms with van der Waals surface area (Å²) < 4.78 is 1.71. The minimum absolute atomic E-state index is 0.0972. The van der Waals surface area contributed by atoms with Crippen molar-refractivity contribution in [3.63, 3.8) is 0 Å². The number of thioether (sulfide) groups is 1. The highest BCUT2D eigenvalue weighted by Crippen LogP contribution is 2.21. The lowest BCUT2D eigenvalue weighted by Gasteiger charge is -2.25. The standard InChI is InChI=1S/C16H22N6OS/c1-13(23)17-14-6-5-7-15(12-14)22-16(18-19-20-22)24-11-10-21-8-3-2-4-9-21/h5-7,12H,2-4,8-11H2,1H3,(H,17,23). The fraction of sp³-hybridized carbons (Fsp3) is 0.500. The topological polar surface area (TPSA) is 75.9 Å². The molecule has 2 heterocycles. The van der Waals surface area contributed by atoms with Gasteiger partial charge in [-0.05, 0) is 54.6 Å². The van der Waals surface area contributed by atoms with Crippen LogP contribution in [0, 0.1) is 0 Å². The van der Waals surface area contributed by atoms with E-state index in [9.17, 15) is 4.79 Å². The van der Waals surface area contributed by atoms with Crippen LogP contribution in [0.25, 0.3) is 5.69 Å². The summed E-state index contributed by atoms with van der Waals surface area (Å²) in [5, 5.41) is 15.5. The van der Waals surface area contributed by atoms with Gasteiger partial charge in [0.05, 0.1) is 5.69 Å². The van der Waals surface area contributed by atoms with E-state index in [1.165, 1.54) is 39.3 Å². The summed E-state index contributed by atoms with van der Waals surface area (Å²) in [6.45, 7) is 4.95. The number of nitrogens with one attached hydrogen (secondary N) is 1. The van der Waals surface area contributed by atoms with Crippen LogP contribution in [0.4, 0.5) is 5.69 Å². The van der Waals surface area contributed by atoms with Crippen molar-refractivity contribution in [3.05, 3.63) is 24.3 Å². The predicted molar refractivity (Wildman–Crippen MR) is 94.5 cm³/mol. The van der Waals surface area contributed by atoms with Gasteiger partial charge in [0.25, 0.3) is 0 Å². The molecule has 0 saturated carbocycles. The van der Waals surface area contributed by atoms with E-state index in [2.05, 4.69) is 25.7 Å². The van der Waals surface area contributed by atoms with Crippen LogP contribution in [0.1, 0.15) is 26.2 Å². The summed E-state index contributed by atoms with van der Waals surface area (Å²) in [5.74, 6) is 0.867. The van der Waals surface area contributed by atoms with E-state index in [0.29, 0.717) is 0 Å². The van der Waals surface area contributed by atoms with Gasteiger partial charge in [0.15, 0.2) is 0 Å². The van der Waals surface area contributed by atoms with Gasteiger partial charge < -0.3 is 10.2 Å². The second kappa shape index (κ2) is 8.25. The van der Waals surface area contributed by atoms with Gasteiger partial charge in [-0.2, -0.15) is 4.68 Å². The average molecular weight is 346 g/mol. The molecule has 1 aliphatic rings. The van der Waals surface area contributed by atoms with Gasteiger partial charge >= 0.3 is 0 Å². The number of anilines is 1. The zero-order valence-electron chi connectivity index (χ0n) is 13.8. The monoisotopic (exact) mass is 346 g/mol. The van der Waals surface area contributed by atoms with Crippen molar-refractivity contribution in [3.8, 4) is 5.69 Å². The van der Waals surface area contributed by atoms with Crippen molar-refractivity contribution >= 4 is 23.4 Å². The molecular weight excluding hydrogens is 324 g/mol. The number of likely N-dealkylation sites (tertiary alicyclic amines) is 1. The number of aromatic nitrogens is 4. The van der Waals surface area contributed by atoms with E-state index in [1.807, 2.05) is 24.3 Å². The zero-order valence-corrected chi connectivity index (χ0v) is 14.6. The molecule has 1 saturated heterocycles. The maximum atomic E-state index is 11.2. The predicted octanol–water partition coefficient (Wildman–Crippen LogP) is 2.20. The Labute approximate surface area is 145 Å². The van der Waals surface area contributed by atoms with Crippen molar-refractivity contribution in [2.45, 2.75) is 31.3 Å². The van der Waals surface area contributed by atoms with Gasteiger partial charge in [-0.15, -0.1) is 5.10 Å². The van der Waals surface area contributed by atoms with E-state index in [0.717, 1.165) is 28.8 Å². The minimum atomic E-state index is -0.0972. The summed E-state index contributed by atoms with van der Waals surface area (Å²) in [7, 11) is 0. The number of carbonyl (C=O) groups excluding carboxylic acids is 1. The van der Waals surface area contributed by atoms with Crippen molar-refractivity contribution in [2.75, 3.05) is 30.7 Å². The fourth-order valence-corrected chi connectivity index (χ4v) is 3.69. The molecule has 24 heavy (non-hydrogen) atoms. The lowest BCUT2D eigenvalue weighted by Crippen LogP contribution is -2.31. The Morgan fingerprint density at radius 1 is 1.29 bits per heavy atom. The van der Waals surface area contributed by atoms with Crippen LogP contribution in [-0.4, -0.2) is 56.4 Å². The van der Waals surface area contributed by atoms with Crippen molar-refractivity contribution < 1.29 is 4.79 Å². The first-order chi connectivity index (χ1) is 11.7. The van der Waals surface area contributed by atoms with Crippen molar-refractivity contribution in [2.24, 2.45) is 0 Å². The number of piperidine rings is 1. The van der Waals surface area contributed by atoms with Crippen molar-refractivity contribution in [1.29, 1.82) is 0 Å². The number of hydrogen-bond donors (Lipinski definition) is 1. The molecule has 2 aromatic rings. The third-order valence-electron chi connectivity index (χ3n) is 3.94. The van der Waals surface area contributed by atoms with E-state index in [1.54, 1.807) is 16.4 Å². The van der Waals surface area contributed by atoms with Gasteiger partial charge in [-0.1, -0.05) is 24.2 Å². The highest BCUT2D eigenvalue weighted by Gasteiger charge is 2.13. The molecule has 1 amide bonds. The summed E-state index contributed by atoms with van der Waals surface area (Å²) >= 11 is 1.66. The molecular formula is C16H22N6OS. The Morgan fingerprint density at radius 2 is 2.12 bits per heavy atom. The first kappa shape index (κ1) is 16.9. The second-order valence-corrected chi connectivity index (χ2v) is 6.92. The van der Waals surface area contributed by atoms with E-state index >= 15 is 0 Å². The summed E-state index contributed by atoms with van der Waals surface area (Å²) in [5.41, 5.74) is 1.58. The van der Waals surface area contributed by atoms with Gasteiger partial charge in [0.1, 0.15) is 0 Å². The highest BCUT2D eigenvalue weighted by molar-refractivity contribution is 7.99. The van der Waals surface area contributed by atoms with E-state index < -0.39 is 0 Å². The van der Waals surface area contributed by atoms with E-state index in [4.69, 9.17) is 0 Å². The largest absolute Gasteiger partial charge is 0.326 e. The molecule has 1 aromatic carbocycles. The highest BCUT2D eigenvalue weighted by atomic mass is 32.2. The number of amides is 1. The molecule has 1 aromatic heterocycles. The maximum absolute atomic E-state index is 11.2. The number of hydrogen-bond acceptors (Lipinski definition) is 6. The minimum Gasteiger partial charge on any atom is -0.326 e. The molecule has 0 aliphatic carbocycles. The number of carbonyl (C=O) groups is 1. The third-order valence-corrected chi connectivity index (χ3v) is 4.84. The first-order valence-electron chi connectivity index (χ1n) is 8.24. The Bertz CT molecular complexity index is 683. The lowest BCUT2D eigenvalue weighted by atomic mass is 10.1. The molecule has 7 nitrogen and oxygen atoms in total. The Kier molecular flexibility index (Phi) is 5.81. The normalized spacial score (nSPS) is 15.4. The molecule has 0 radical (unpaired) electrons. The van der Waals surface area contributed by atoms with Crippen molar-refractivity contribution in [1.82, 2.24) is 25.1 Å². The quantitative estimate of drug-likeness (QED) is 0.808. The molecule has 0 bridgehead atoms. The summed E-state index contributed by atoms with van der Waals surface area (Å²) in [6, 6.07) is 7.52. The zero-order chi connectivity index (χ0) is 16.8. The molecule has 0 unspecified atom stereocenters. The molecule has 1 N–H and O–H groups in total. The molecule has 1 fully saturated rings. The average Bonchev–Trinajstić information content (AvgIpc) is 3.04. The van der Waals surface area contributed by atoms with Crippen LogP contribution in [0.15, 0.2) is 29.4 Å². The Morgan fingerprint density at radius 3 is 2.92 bits per heavy atom. The van der Waals surface area contributed by atoms with Crippen LogP contribution in [0.2, 0.25) is 0 Å². The van der Waals surface area contributed by atoms with Crippen LogP contribution in [0.3, 0.4) is 0 Å². The Balaban J connectivity index is 1.63. The smallest absolute Gasteiger partial charge is 0.221 e.